The molecule has 0 atom stereocenters. The summed E-state index contributed by atoms with van der Waals surface area (Å²) in [5, 5.41) is 6.18. The van der Waals surface area contributed by atoms with Crippen LogP contribution in [0.15, 0.2) is 34.1 Å². The number of nitrogens with one attached hydrogen (secondary N) is 2. The number of ether oxygens (including phenoxy) is 2. The Morgan fingerprint density at radius 3 is 2.50 bits per heavy atom. The number of hydrogen-bond donors (Lipinski definition) is 2. The van der Waals surface area contributed by atoms with Gasteiger partial charge in [0.25, 0.3) is 0 Å². The maximum Gasteiger partial charge on any atom is 0.236 e. The summed E-state index contributed by atoms with van der Waals surface area (Å²) in [5.41, 5.74) is 0.744. The van der Waals surface area contributed by atoms with Crippen molar-refractivity contribution in [2.24, 2.45) is 0 Å². The van der Waals surface area contributed by atoms with E-state index in [1.807, 2.05) is 31.2 Å². The summed E-state index contributed by atoms with van der Waals surface area (Å²) in [6.07, 6.45) is 0.431. The average Bonchev–Trinajstić information content (AvgIpc) is 2.74. The number of carbonyl (C=O) groups is 1. The molecule has 9 heteroatoms. The van der Waals surface area contributed by atoms with Crippen molar-refractivity contribution in [1.29, 1.82) is 0 Å². The molecule has 1 aromatic carbocycles. The fraction of sp³-hybridized carbons (Fsp3) is 0.421. The third-order valence-electron chi connectivity index (χ3n) is 4.24. The van der Waals surface area contributed by atoms with E-state index in [2.05, 4.69) is 25.5 Å². The minimum Gasteiger partial charge on any atom is -0.480 e. The molecule has 8 nitrogen and oxygen atoms in total. The molecule has 2 N–H and O–H groups in total. The first-order valence-corrected chi connectivity index (χ1v) is 9.99. The van der Waals surface area contributed by atoms with Crippen molar-refractivity contribution in [2.45, 2.75) is 23.1 Å². The monoisotopic (exact) mass is 403 g/mol. The van der Waals surface area contributed by atoms with Crippen LogP contribution in [0.4, 0.5) is 11.6 Å². The van der Waals surface area contributed by atoms with Gasteiger partial charge in [-0.15, -0.1) is 0 Å². The summed E-state index contributed by atoms with van der Waals surface area (Å²) in [6.45, 7) is 5.26. The van der Waals surface area contributed by atoms with Crippen LogP contribution in [0, 0.1) is 0 Å². The van der Waals surface area contributed by atoms with Crippen LogP contribution >= 0.6 is 11.8 Å². The number of piperazine rings is 1. The van der Waals surface area contributed by atoms with Crippen LogP contribution in [-0.2, 0) is 4.79 Å². The molecule has 1 aliphatic rings. The molecule has 0 unspecified atom stereocenters. The van der Waals surface area contributed by atoms with Crippen LogP contribution in [0.25, 0.3) is 0 Å². The molecule has 0 radical (unpaired) electrons. The van der Waals surface area contributed by atoms with Crippen LogP contribution in [0.2, 0.25) is 0 Å². The van der Waals surface area contributed by atoms with E-state index in [1.54, 1.807) is 14.2 Å². The van der Waals surface area contributed by atoms with E-state index in [1.165, 1.54) is 11.8 Å². The topological polar surface area (TPSA) is 88.6 Å². The van der Waals surface area contributed by atoms with E-state index in [0.717, 1.165) is 36.8 Å². The molecule has 1 saturated heterocycles. The first-order valence-electron chi connectivity index (χ1n) is 9.18. The van der Waals surface area contributed by atoms with Gasteiger partial charge in [-0.2, -0.15) is 9.97 Å². The van der Waals surface area contributed by atoms with Crippen molar-refractivity contribution in [2.75, 3.05) is 50.6 Å². The second kappa shape index (κ2) is 9.61. The second-order valence-corrected chi connectivity index (χ2v) is 7.22. The Hall–Kier alpha value is -2.52. The van der Waals surface area contributed by atoms with E-state index < -0.39 is 0 Å². The Labute approximate surface area is 169 Å². The minimum absolute atomic E-state index is 0.0268. The van der Waals surface area contributed by atoms with Crippen molar-refractivity contribution in [3.63, 3.8) is 0 Å². The maximum absolute atomic E-state index is 11.7. The zero-order valence-corrected chi connectivity index (χ0v) is 17.1. The molecule has 28 heavy (non-hydrogen) atoms. The number of carbonyl (C=O) groups excluding carboxylic acids is 1. The van der Waals surface area contributed by atoms with Crippen molar-refractivity contribution in [3.05, 3.63) is 24.3 Å². The smallest absolute Gasteiger partial charge is 0.236 e. The number of benzene rings is 1. The second-order valence-electron chi connectivity index (χ2n) is 6.14. The molecule has 0 spiro atoms. The summed E-state index contributed by atoms with van der Waals surface area (Å²) in [7, 11) is 3.18. The molecule has 3 rings (SSSR count). The Morgan fingerprint density at radius 1 is 1.21 bits per heavy atom. The minimum atomic E-state index is -0.0268. The summed E-state index contributed by atoms with van der Waals surface area (Å²) >= 11 is 1.44. The number of nitrogens with zero attached hydrogens (tertiary/aromatic N) is 3. The molecular formula is C19H25N5O3S. The maximum atomic E-state index is 11.7. The lowest BCUT2D eigenvalue weighted by molar-refractivity contribution is -0.115. The lowest BCUT2D eigenvalue weighted by Crippen LogP contribution is -2.44. The molecule has 1 aliphatic heterocycles. The van der Waals surface area contributed by atoms with Crippen molar-refractivity contribution >= 4 is 29.3 Å². The standard InChI is InChI=1S/C19H25N5O3S/c1-4-15(25)21-13-6-5-7-14(12-13)28-16-17(26-2)22-19(23-18(16)27-3)24-10-8-20-9-11-24/h5-7,12,20H,4,8-11H2,1-3H3,(H,21,25). The molecule has 2 aromatic rings. The Balaban J connectivity index is 1.88. The molecule has 0 saturated carbocycles. The molecule has 0 bridgehead atoms. The van der Waals surface area contributed by atoms with Crippen LogP contribution in [0.5, 0.6) is 11.8 Å². The van der Waals surface area contributed by atoms with Gasteiger partial charge in [0.05, 0.1) is 14.2 Å². The molecule has 0 aliphatic carbocycles. The van der Waals surface area contributed by atoms with Crippen molar-refractivity contribution < 1.29 is 14.3 Å². The zero-order valence-electron chi connectivity index (χ0n) is 16.3. The van der Waals surface area contributed by atoms with Crippen LogP contribution in [0.3, 0.4) is 0 Å². The lowest BCUT2D eigenvalue weighted by atomic mass is 10.3. The van der Waals surface area contributed by atoms with E-state index in [9.17, 15) is 4.79 Å². The summed E-state index contributed by atoms with van der Waals surface area (Å²) in [6, 6.07) is 7.61. The van der Waals surface area contributed by atoms with Crippen LogP contribution in [0.1, 0.15) is 13.3 Å². The SMILES string of the molecule is CCC(=O)Nc1cccc(Sc2c(OC)nc(N3CCNCC3)nc2OC)c1. The number of rotatable bonds is 7. The van der Waals surface area contributed by atoms with Gasteiger partial charge in [0, 0.05) is 43.2 Å². The number of hydrogen-bond acceptors (Lipinski definition) is 8. The third-order valence-corrected chi connectivity index (χ3v) is 5.28. The third kappa shape index (κ3) is 4.85. The fourth-order valence-electron chi connectivity index (χ4n) is 2.77. The molecular weight excluding hydrogens is 378 g/mol. The highest BCUT2D eigenvalue weighted by atomic mass is 32.2. The molecule has 150 valence electrons. The molecule has 1 amide bonds. The Bertz CT molecular complexity index is 802. The lowest BCUT2D eigenvalue weighted by Gasteiger charge is -2.28. The number of anilines is 2. The molecule has 1 fully saturated rings. The highest BCUT2D eigenvalue weighted by Crippen LogP contribution is 2.41. The quantitative estimate of drug-likeness (QED) is 0.729. The first-order chi connectivity index (χ1) is 13.6. The van der Waals surface area contributed by atoms with Crippen molar-refractivity contribution in [1.82, 2.24) is 15.3 Å². The van der Waals surface area contributed by atoms with Gasteiger partial charge >= 0.3 is 0 Å². The highest BCUT2D eigenvalue weighted by molar-refractivity contribution is 7.99. The average molecular weight is 404 g/mol. The van der Waals surface area contributed by atoms with E-state index >= 15 is 0 Å². The molecule has 1 aromatic heterocycles. The largest absolute Gasteiger partial charge is 0.480 e. The predicted octanol–water partition coefficient (Wildman–Crippen LogP) is 2.40. The zero-order chi connectivity index (χ0) is 19.9. The Morgan fingerprint density at radius 2 is 1.89 bits per heavy atom. The summed E-state index contributed by atoms with van der Waals surface area (Å²) in [4.78, 5) is 24.6. The van der Waals surface area contributed by atoms with Gasteiger partial charge in [0.2, 0.25) is 23.6 Å². The van der Waals surface area contributed by atoms with E-state index in [0.29, 0.717) is 29.0 Å². The van der Waals surface area contributed by atoms with Gasteiger partial charge in [-0.25, -0.2) is 0 Å². The first kappa shape index (κ1) is 20.2. The highest BCUT2D eigenvalue weighted by Gasteiger charge is 2.21. The van der Waals surface area contributed by atoms with E-state index in [4.69, 9.17) is 9.47 Å². The summed E-state index contributed by atoms with van der Waals surface area (Å²) in [5.74, 6) is 1.51. The van der Waals surface area contributed by atoms with Gasteiger partial charge in [-0.1, -0.05) is 24.8 Å². The van der Waals surface area contributed by atoms with Gasteiger partial charge in [-0.3, -0.25) is 4.79 Å². The van der Waals surface area contributed by atoms with Gasteiger partial charge in [0.1, 0.15) is 4.90 Å². The van der Waals surface area contributed by atoms with Crippen LogP contribution in [-0.4, -0.2) is 56.3 Å². The number of amides is 1. The van der Waals surface area contributed by atoms with Gasteiger partial charge in [-0.05, 0) is 18.2 Å². The van der Waals surface area contributed by atoms with Crippen LogP contribution < -0.4 is 25.0 Å². The van der Waals surface area contributed by atoms with E-state index in [-0.39, 0.29) is 5.91 Å². The Kier molecular flexibility index (Phi) is 6.94. The fourth-order valence-corrected chi connectivity index (χ4v) is 3.78. The van der Waals surface area contributed by atoms with Gasteiger partial charge in [0.15, 0.2) is 0 Å². The number of methoxy groups -OCH3 is 2. The van der Waals surface area contributed by atoms with Crippen molar-refractivity contribution in [3.8, 4) is 11.8 Å². The normalized spacial score (nSPS) is 13.9. The number of aromatic nitrogens is 2. The summed E-state index contributed by atoms with van der Waals surface area (Å²) < 4.78 is 11.1. The van der Waals surface area contributed by atoms with Gasteiger partial charge < -0.3 is 25.0 Å². The molecule has 2 heterocycles. The predicted molar refractivity (Wildman–Crippen MR) is 110 cm³/mol.